The standard InChI is InChI=1S/C25H34ClN3O4S/c1-6-23(25(31)27-15-18(2)3)28(16-20-10-8-7-9-11-20)24(30)17-29(34(5,32)33)21-13-12-19(4)22(26)14-21/h7-14,18,23H,6,15-17H2,1-5H3,(H,27,31)/t23-/m0/s1. The molecule has 0 aliphatic heterocycles. The topological polar surface area (TPSA) is 86.8 Å². The number of amides is 2. The molecule has 0 heterocycles. The number of benzene rings is 2. The fourth-order valence-corrected chi connectivity index (χ4v) is 4.49. The van der Waals surface area contributed by atoms with E-state index in [4.69, 9.17) is 11.6 Å². The third-order valence-corrected chi connectivity index (χ3v) is 6.94. The molecule has 0 bridgehead atoms. The minimum atomic E-state index is -3.80. The zero-order valence-corrected chi connectivity index (χ0v) is 22.0. The molecule has 0 saturated carbocycles. The van der Waals surface area contributed by atoms with E-state index >= 15 is 0 Å². The minimum Gasteiger partial charge on any atom is -0.354 e. The van der Waals surface area contributed by atoms with Crippen molar-refractivity contribution in [3.63, 3.8) is 0 Å². The molecule has 0 spiro atoms. The number of hydrogen-bond acceptors (Lipinski definition) is 4. The first-order valence-electron chi connectivity index (χ1n) is 11.3. The van der Waals surface area contributed by atoms with E-state index in [9.17, 15) is 18.0 Å². The van der Waals surface area contributed by atoms with Gasteiger partial charge in [0.05, 0.1) is 11.9 Å². The number of nitrogens with one attached hydrogen (secondary N) is 1. The first-order valence-corrected chi connectivity index (χ1v) is 13.5. The number of nitrogens with zero attached hydrogens (tertiary/aromatic N) is 2. The molecule has 2 aromatic carbocycles. The summed E-state index contributed by atoms with van der Waals surface area (Å²) in [6, 6.07) is 13.4. The van der Waals surface area contributed by atoms with Crippen molar-refractivity contribution in [1.29, 1.82) is 0 Å². The fourth-order valence-electron chi connectivity index (χ4n) is 3.47. The summed E-state index contributed by atoms with van der Waals surface area (Å²) < 4.78 is 26.3. The first-order chi connectivity index (χ1) is 15.9. The van der Waals surface area contributed by atoms with Crippen LogP contribution in [0.2, 0.25) is 5.02 Å². The van der Waals surface area contributed by atoms with Crippen molar-refractivity contribution >= 4 is 39.1 Å². The Hall–Kier alpha value is -2.58. The fraction of sp³-hybridized carbons (Fsp3) is 0.440. The Morgan fingerprint density at radius 2 is 1.74 bits per heavy atom. The highest BCUT2D eigenvalue weighted by molar-refractivity contribution is 7.92. The van der Waals surface area contributed by atoms with Gasteiger partial charge >= 0.3 is 0 Å². The molecular weight excluding hydrogens is 474 g/mol. The number of sulfonamides is 1. The summed E-state index contributed by atoms with van der Waals surface area (Å²) in [5.41, 5.74) is 1.93. The van der Waals surface area contributed by atoms with Gasteiger partial charge in [-0.3, -0.25) is 13.9 Å². The van der Waals surface area contributed by atoms with E-state index in [0.717, 1.165) is 21.7 Å². The summed E-state index contributed by atoms with van der Waals surface area (Å²) in [5, 5.41) is 3.30. The maximum atomic E-state index is 13.6. The number of carbonyl (C=O) groups is 2. The lowest BCUT2D eigenvalue weighted by atomic mass is 10.1. The quantitative estimate of drug-likeness (QED) is 0.498. The van der Waals surface area contributed by atoms with E-state index in [1.165, 1.54) is 11.0 Å². The van der Waals surface area contributed by atoms with Gasteiger partial charge in [-0.1, -0.05) is 68.8 Å². The molecule has 0 fully saturated rings. The van der Waals surface area contributed by atoms with Crippen LogP contribution in [0.25, 0.3) is 0 Å². The molecule has 186 valence electrons. The highest BCUT2D eigenvalue weighted by atomic mass is 35.5. The summed E-state index contributed by atoms with van der Waals surface area (Å²) >= 11 is 6.22. The molecule has 0 aliphatic rings. The highest BCUT2D eigenvalue weighted by Gasteiger charge is 2.31. The Balaban J connectivity index is 2.41. The van der Waals surface area contributed by atoms with Crippen molar-refractivity contribution in [2.24, 2.45) is 5.92 Å². The molecule has 9 heteroatoms. The van der Waals surface area contributed by atoms with Gasteiger partial charge in [0.2, 0.25) is 21.8 Å². The molecule has 0 aliphatic carbocycles. The van der Waals surface area contributed by atoms with Crippen LogP contribution in [0.15, 0.2) is 48.5 Å². The Morgan fingerprint density at radius 1 is 1.09 bits per heavy atom. The van der Waals surface area contributed by atoms with Crippen molar-refractivity contribution in [1.82, 2.24) is 10.2 Å². The summed E-state index contributed by atoms with van der Waals surface area (Å²) in [6.07, 6.45) is 1.43. The normalized spacial score (nSPS) is 12.3. The number of aryl methyl sites for hydroxylation is 1. The average molecular weight is 508 g/mol. The Kier molecular flexibility index (Phi) is 9.94. The second-order valence-electron chi connectivity index (χ2n) is 8.77. The predicted octanol–water partition coefficient (Wildman–Crippen LogP) is 3.99. The molecule has 2 aromatic rings. The van der Waals surface area contributed by atoms with Gasteiger partial charge in [0.1, 0.15) is 12.6 Å². The van der Waals surface area contributed by atoms with Crippen molar-refractivity contribution < 1.29 is 18.0 Å². The van der Waals surface area contributed by atoms with Crippen LogP contribution in [0.5, 0.6) is 0 Å². The maximum absolute atomic E-state index is 13.6. The van der Waals surface area contributed by atoms with Crippen molar-refractivity contribution in [3.05, 3.63) is 64.7 Å². The lowest BCUT2D eigenvalue weighted by Gasteiger charge is -2.33. The molecule has 0 aromatic heterocycles. The third-order valence-electron chi connectivity index (χ3n) is 5.39. The van der Waals surface area contributed by atoms with E-state index < -0.39 is 28.5 Å². The zero-order chi connectivity index (χ0) is 25.5. The molecule has 7 nitrogen and oxygen atoms in total. The van der Waals surface area contributed by atoms with Gasteiger partial charge in [0, 0.05) is 18.1 Å². The van der Waals surface area contributed by atoms with E-state index in [0.29, 0.717) is 23.7 Å². The lowest BCUT2D eigenvalue weighted by molar-refractivity contribution is -0.140. The monoisotopic (exact) mass is 507 g/mol. The first kappa shape index (κ1) is 27.7. The molecule has 2 amide bonds. The van der Waals surface area contributed by atoms with Gasteiger partial charge < -0.3 is 10.2 Å². The van der Waals surface area contributed by atoms with Gasteiger partial charge in [0.15, 0.2) is 0 Å². The molecule has 0 radical (unpaired) electrons. The molecule has 1 atom stereocenters. The molecule has 0 unspecified atom stereocenters. The molecule has 1 N–H and O–H groups in total. The number of anilines is 1. The number of hydrogen-bond donors (Lipinski definition) is 1. The minimum absolute atomic E-state index is 0.180. The highest BCUT2D eigenvalue weighted by Crippen LogP contribution is 2.25. The summed E-state index contributed by atoms with van der Waals surface area (Å²) in [4.78, 5) is 28.0. The molecule has 34 heavy (non-hydrogen) atoms. The van der Waals surface area contributed by atoms with Crippen LogP contribution in [0, 0.1) is 12.8 Å². The van der Waals surface area contributed by atoms with E-state index in [1.54, 1.807) is 12.1 Å². The SMILES string of the molecule is CC[C@@H](C(=O)NCC(C)C)N(Cc1ccccc1)C(=O)CN(c1ccc(C)c(Cl)c1)S(C)(=O)=O. The number of halogens is 1. The third kappa shape index (κ3) is 7.74. The van der Waals surface area contributed by atoms with Gasteiger partial charge in [-0.2, -0.15) is 0 Å². The van der Waals surface area contributed by atoms with Gasteiger partial charge in [-0.15, -0.1) is 0 Å². The van der Waals surface area contributed by atoms with Crippen LogP contribution in [0.1, 0.15) is 38.3 Å². The second-order valence-corrected chi connectivity index (χ2v) is 11.1. The Bertz CT molecular complexity index is 1090. The molecule has 2 rings (SSSR count). The largest absolute Gasteiger partial charge is 0.354 e. The zero-order valence-electron chi connectivity index (χ0n) is 20.4. The number of rotatable bonds is 11. The van der Waals surface area contributed by atoms with E-state index in [2.05, 4.69) is 5.32 Å². The smallest absolute Gasteiger partial charge is 0.244 e. The Labute approximate surface area is 208 Å². The van der Waals surface area contributed by atoms with Gasteiger partial charge in [0.25, 0.3) is 0 Å². The van der Waals surface area contributed by atoms with Crippen LogP contribution >= 0.6 is 11.6 Å². The molecule has 0 saturated heterocycles. The lowest BCUT2D eigenvalue weighted by Crippen LogP contribution is -2.52. The maximum Gasteiger partial charge on any atom is 0.244 e. The van der Waals surface area contributed by atoms with Crippen LogP contribution < -0.4 is 9.62 Å². The predicted molar refractivity (Wildman–Crippen MR) is 137 cm³/mol. The van der Waals surface area contributed by atoms with E-state index in [-0.39, 0.29) is 18.4 Å². The summed E-state index contributed by atoms with van der Waals surface area (Å²) in [6.45, 7) is 7.85. The van der Waals surface area contributed by atoms with Crippen LogP contribution in [-0.4, -0.2) is 50.5 Å². The van der Waals surface area contributed by atoms with Crippen molar-refractivity contribution in [3.8, 4) is 0 Å². The van der Waals surface area contributed by atoms with Gasteiger partial charge in [-0.05, 0) is 42.5 Å². The Morgan fingerprint density at radius 3 is 2.26 bits per heavy atom. The van der Waals surface area contributed by atoms with Crippen LogP contribution in [-0.2, 0) is 26.2 Å². The van der Waals surface area contributed by atoms with Crippen LogP contribution in [0.4, 0.5) is 5.69 Å². The van der Waals surface area contributed by atoms with E-state index in [1.807, 2.05) is 58.0 Å². The summed E-state index contributed by atoms with van der Waals surface area (Å²) in [5.74, 6) is -0.478. The average Bonchev–Trinajstić information content (AvgIpc) is 2.77. The number of carbonyl (C=O) groups excluding carboxylic acids is 2. The van der Waals surface area contributed by atoms with Crippen LogP contribution in [0.3, 0.4) is 0 Å². The van der Waals surface area contributed by atoms with Crippen molar-refractivity contribution in [2.45, 2.75) is 46.7 Å². The van der Waals surface area contributed by atoms with Crippen molar-refractivity contribution in [2.75, 3.05) is 23.7 Å². The van der Waals surface area contributed by atoms with Gasteiger partial charge in [-0.25, -0.2) is 8.42 Å². The summed E-state index contributed by atoms with van der Waals surface area (Å²) in [7, 11) is -3.80. The second kappa shape index (κ2) is 12.2. The molecular formula is C25H34ClN3O4S.